The second kappa shape index (κ2) is 7.05. The minimum absolute atomic E-state index is 0.0185. The number of thioether (sulfide) groups is 1. The molecule has 5 heterocycles. The molecule has 0 bridgehead atoms. The fourth-order valence-electron chi connectivity index (χ4n) is 3.74. The lowest BCUT2D eigenvalue weighted by molar-refractivity contribution is -0.113. The van der Waals surface area contributed by atoms with Gasteiger partial charge in [-0.05, 0) is 37.4 Å². The van der Waals surface area contributed by atoms with Gasteiger partial charge in [-0.15, -0.1) is 34.4 Å². The van der Waals surface area contributed by atoms with Crippen LogP contribution in [0.15, 0.2) is 32.8 Å². The van der Waals surface area contributed by atoms with E-state index in [9.17, 15) is 9.59 Å². The SMILES string of the molecule is O=C1CSc2sc3c(=O)n(C[C@@H](c4cccs4)N4CCCC4)cnc3c2N1. The quantitative estimate of drug-likeness (QED) is 0.703. The highest BCUT2D eigenvalue weighted by Gasteiger charge is 2.27. The third-order valence-electron chi connectivity index (χ3n) is 5.05. The van der Waals surface area contributed by atoms with E-state index in [4.69, 9.17) is 0 Å². The van der Waals surface area contributed by atoms with E-state index >= 15 is 0 Å². The molecular weight excluding hydrogens is 400 g/mol. The smallest absolute Gasteiger partial charge is 0.271 e. The first kappa shape index (κ1) is 17.4. The van der Waals surface area contributed by atoms with Crippen molar-refractivity contribution >= 4 is 56.2 Å². The normalized spacial score (nSPS) is 18.6. The van der Waals surface area contributed by atoms with Crippen molar-refractivity contribution in [1.29, 1.82) is 0 Å². The van der Waals surface area contributed by atoms with Crippen LogP contribution in [-0.4, -0.2) is 39.2 Å². The van der Waals surface area contributed by atoms with Gasteiger partial charge in [0.25, 0.3) is 5.56 Å². The van der Waals surface area contributed by atoms with Crippen molar-refractivity contribution in [1.82, 2.24) is 14.5 Å². The molecule has 5 rings (SSSR count). The molecule has 0 radical (unpaired) electrons. The number of nitrogens with zero attached hydrogens (tertiary/aromatic N) is 3. The number of carbonyl (C=O) groups excluding carboxylic acids is 1. The first-order valence-electron chi connectivity index (χ1n) is 8.93. The predicted octanol–water partition coefficient (Wildman–Crippen LogP) is 3.40. The first-order chi connectivity index (χ1) is 13.2. The van der Waals surface area contributed by atoms with Gasteiger partial charge in [0.1, 0.15) is 10.2 Å². The molecular formula is C18H18N4O2S3. The summed E-state index contributed by atoms with van der Waals surface area (Å²) in [6, 6.07) is 4.43. The number of anilines is 1. The lowest BCUT2D eigenvalue weighted by atomic mass is 10.2. The van der Waals surface area contributed by atoms with E-state index in [0.717, 1.165) is 17.3 Å². The second-order valence-electron chi connectivity index (χ2n) is 6.76. The van der Waals surface area contributed by atoms with Crippen molar-refractivity contribution in [2.75, 3.05) is 24.2 Å². The molecule has 27 heavy (non-hydrogen) atoms. The van der Waals surface area contributed by atoms with E-state index in [1.807, 2.05) is 0 Å². The Morgan fingerprint density at radius 2 is 2.11 bits per heavy atom. The number of hydrogen-bond acceptors (Lipinski definition) is 7. The van der Waals surface area contributed by atoms with Crippen LogP contribution in [0.1, 0.15) is 23.8 Å². The molecule has 1 N–H and O–H groups in total. The van der Waals surface area contributed by atoms with Crippen LogP contribution in [0.25, 0.3) is 10.2 Å². The molecule has 140 valence electrons. The largest absolute Gasteiger partial charge is 0.322 e. The zero-order chi connectivity index (χ0) is 18.4. The van der Waals surface area contributed by atoms with Crippen LogP contribution >= 0.6 is 34.4 Å². The van der Waals surface area contributed by atoms with Crippen molar-refractivity contribution in [2.45, 2.75) is 29.6 Å². The van der Waals surface area contributed by atoms with E-state index in [-0.39, 0.29) is 17.5 Å². The minimum Gasteiger partial charge on any atom is -0.322 e. The van der Waals surface area contributed by atoms with Crippen LogP contribution in [0.2, 0.25) is 0 Å². The van der Waals surface area contributed by atoms with Crippen molar-refractivity contribution in [3.05, 3.63) is 39.1 Å². The molecule has 1 atom stereocenters. The van der Waals surface area contributed by atoms with Gasteiger partial charge in [-0.25, -0.2) is 4.98 Å². The molecule has 6 nitrogen and oxygen atoms in total. The highest BCUT2D eigenvalue weighted by Crippen LogP contribution is 2.42. The summed E-state index contributed by atoms with van der Waals surface area (Å²) in [7, 11) is 0. The molecule has 9 heteroatoms. The fourth-order valence-corrected chi connectivity index (χ4v) is 6.77. The zero-order valence-electron chi connectivity index (χ0n) is 14.5. The molecule has 0 saturated carbocycles. The Bertz CT molecular complexity index is 1050. The molecule has 2 aliphatic heterocycles. The number of thiophene rings is 2. The summed E-state index contributed by atoms with van der Waals surface area (Å²) in [5.41, 5.74) is 1.30. The number of amides is 1. The van der Waals surface area contributed by atoms with Crippen LogP contribution in [0.3, 0.4) is 0 Å². The molecule has 3 aromatic heterocycles. The second-order valence-corrected chi connectivity index (χ2v) is 10.00. The first-order valence-corrected chi connectivity index (χ1v) is 11.6. The summed E-state index contributed by atoms with van der Waals surface area (Å²) in [4.78, 5) is 33.1. The van der Waals surface area contributed by atoms with E-state index < -0.39 is 0 Å². The Morgan fingerprint density at radius 3 is 2.89 bits per heavy atom. The maximum absolute atomic E-state index is 13.1. The van der Waals surface area contributed by atoms with E-state index in [1.165, 1.54) is 40.8 Å². The van der Waals surface area contributed by atoms with E-state index in [1.54, 1.807) is 22.2 Å². The maximum Gasteiger partial charge on any atom is 0.271 e. The molecule has 3 aromatic rings. The molecule has 2 aliphatic rings. The van der Waals surface area contributed by atoms with Crippen LogP contribution in [0, 0.1) is 0 Å². The molecule has 1 amide bonds. The van der Waals surface area contributed by atoms with Crippen molar-refractivity contribution in [3.8, 4) is 0 Å². The van der Waals surface area contributed by atoms with Crippen LogP contribution in [-0.2, 0) is 11.3 Å². The summed E-state index contributed by atoms with van der Waals surface area (Å²) >= 11 is 4.67. The predicted molar refractivity (Wildman–Crippen MR) is 111 cm³/mol. The lowest BCUT2D eigenvalue weighted by Gasteiger charge is -2.27. The summed E-state index contributed by atoms with van der Waals surface area (Å²) < 4.78 is 3.34. The highest BCUT2D eigenvalue weighted by molar-refractivity contribution is 8.02. The van der Waals surface area contributed by atoms with Crippen molar-refractivity contribution < 1.29 is 4.79 Å². The Morgan fingerprint density at radius 1 is 1.26 bits per heavy atom. The van der Waals surface area contributed by atoms with E-state index in [0.29, 0.717) is 28.2 Å². The number of aromatic nitrogens is 2. The summed E-state index contributed by atoms with van der Waals surface area (Å²) in [6.45, 7) is 2.75. The zero-order valence-corrected chi connectivity index (χ0v) is 17.0. The van der Waals surface area contributed by atoms with Crippen LogP contribution in [0.5, 0.6) is 0 Å². The third-order valence-corrected chi connectivity index (χ3v) is 8.47. The summed E-state index contributed by atoms with van der Waals surface area (Å²) in [5, 5.41) is 4.96. The van der Waals surface area contributed by atoms with Crippen molar-refractivity contribution in [2.24, 2.45) is 0 Å². The monoisotopic (exact) mass is 418 g/mol. The lowest BCUT2D eigenvalue weighted by Crippen LogP contribution is -2.32. The van der Waals surface area contributed by atoms with Gasteiger partial charge in [0.05, 0.1) is 28.0 Å². The third kappa shape index (κ3) is 3.12. The average molecular weight is 419 g/mol. The number of likely N-dealkylation sites (tertiary alicyclic amines) is 1. The van der Waals surface area contributed by atoms with Crippen LogP contribution in [0.4, 0.5) is 5.69 Å². The van der Waals surface area contributed by atoms with Gasteiger partial charge in [-0.3, -0.25) is 19.1 Å². The van der Waals surface area contributed by atoms with Gasteiger partial charge < -0.3 is 5.32 Å². The number of rotatable bonds is 4. The Labute approximate surface area is 168 Å². The molecule has 0 aromatic carbocycles. The van der Waals surface area contributed by atoms with Crippen LogP contribution < -0.4 is 10.9 Å². The summed E-state index contributed by atoms with van der Waals surface area (Å²) in [6.07, 6.45) is 4.06. The Hall–Kier alpha value is -1.68. The van der Waals surface area contributed by atoms with Gasteiger partial charge in [0.2, 0.25) is 5.91 Å². The number of hydrogen-bond donors (Lipinski definition) is 1. The molecule has 1 saturated heterocycles. The minimum atomic E-state index is -0.0371. The Kier molecular flexibility index (Phi) is 4.55. The van der Waals surface area contributed by atoms with Gasteiger partial charge in [0.15, 0.2) is 0 Å². The maximum atomic E-state index is 13.1. The topological polar surface area (TPSA) is 67.2 Å². The number of fused-ring (bicyclic) bond motifs is 3. The Balaban J connectivity index is 1.53. The summed E-state index contributed by atoms with van der Waals surface area (Å²) in [5.74, 6) is 0.355. The molecule has 1 fully saturated rings. The number of nitrogens with one attached hydrogen (secondary N) is 1. The van der Waals surface area contributed by atoms with E-state index in [2.05, 4.69) is 32.7 Å². The fraction of sp³-hybridized carbons (Fsp3) is 0.389. The number of carbonyl (C=O) groups is 1. The highest BCUT2D eigenvalue weighted by atomic mass is 32.2. The van der Waals surface area contributed by atoms with Gasteiger partial charge in [-0.2, -0.15) is 0 Å². The van der Waals surface area contributed by atoms with Gasteiger partial charge in [0, 0.05) is 11.4 Å². The molecule has 0 aliphatic carbocycles. The standard InChI is InChI=1S/C18H18N4O2S3/c23-13-9-26-18-15(20-13)14-16(27-18)17(24)22(10-19-14)8-11(12-4-3-7-25-12)21-5-1-2-6-21/h3-4,7,10-11H,1-2,5-6,8-9H2,(H,20,23)/t11-/m0/s1. The van der Waals surface area contributed by atoms with Gasteiger partial charge in [-0.1, -0.05) is 6.07 Å². The average Bonchev–Trinajstić information content (AvgIpc) is 3.42. The molecule has 0 unspecified atom stereocenters. The van der Waals surface area contributed by atoms with Crippen molar-refractivity contribution in [3.63, 3.8) is 0 Å². The molecule has 0 spiro atoms. The van der Waals surface area contributed by atoms with Gasteiger partial charge >= 0.3 is 0 Å².